The topological polar surface area (TPSA) is 106 Å². The quantitative estimate of drug-likeness (QED) is 0.377. The van der Waals surface area contributed by atoms with E-state index in [0.717, 1.165) is 11.1 Å². The van der Waals surface area contributed by atoms with Crippen molar-refractivity contribution in [3.05, 3.63) is 108 Å². The zero-order chi connectivity index (χ0) is 30.5. The van der Waals surface area contributed by atoms with E-state index in [1.54, 1.807) is 35.1 Å². The van der Waals surface area contributed by atoms with Gasteiger partial charge in [0, 0.05) is 39.0 Å². The molecule has 44 heavy (non-hydrogen) atoms. The third kappa shape index (κ3) is 6.81. The van der Waals surface area contributed by atoms with Crippen molar-refractivity contribution < 1.29 is 23.9 Å². The summed E-state index contributed by atoms with van der Waals surface area (Å²) in [6, 6.07) is 24.1. The third-order valence-electron chi connectivity index (χ3n) is 8.00. The maximum absolute atomic E-state index is 13.8. The van der Waals surface area contributed by atoms with E-state index in [1.165, 1.54) is 4.90 Å². The van der Waals surface area contributed by atoms with E-state index in [-0.39, 0.29) is 43.3 Å². The molecule has 3 amide bonds. The Morgan fingerprint density at radius 2 is 1.70 bits per heavy atom. The molecule has 4 bridgehead atoms. The zero-order valence-corrected chi connectivity index (χ0v) is 24.6. The summed E-state index contributed by atoms with van der Waals surface area (Å²) in [5.41, 5.74) is 3.11. The summed E-state index contributed by atoms with van der Waals surface area (Å²) in [7, 11) is 1.63. The summed E-state index contributed by atoms with van der Waals surface area (Å²) in [6.07, 6.45) is 4.44. The Bertz CT molecular complexity index is 1640. The number of hydrogen-bond acceptors (Lipinski definition) is 6. The van der Waals surface area contributed by atoms with Gasteiger partial charge in [-0.05, 0) is 66.4 Å². The highest BCUT2D eigenvalue weighted by Gasteiger charge is 2.34. The van der Waals surface area contributed by atoms with Gasteiger partial charge in [0.1, 0.15) is 11.5 Å². The number of benzene rings is 3. The molecule has 0 spiro atoms. The molecular formula is C34H35N5O5. The molecule has 1 N–H and O–H groups in total. The molecule has 0 radical (unpaired) electrons. The lowest BCUT2D eigenvalue weighted by Gasteiger charge is -2.39. The highest BCUT2D eigenvalue weighted by atomic mass is 16.5. The van der Waals surface area contributed by atoms with E-state index in [2.05, 4.69) is 10.4 Å². The Morgan fingerprint density at radius 3 is 2.50 bits per heavy atom. The lowest BCUT2D eigenvalue weighted by Crippen LogP contribution is -2.58. The van der Waals surface area contributed by atoms with E-state index in [1.807, 2.05) is 72.8 Å². The summed E-state index contributed by atoms with van der Waals surface area (Å²) < 4.78 is 14.2. The van der Waals surface area contributed by atoms with Crippen LogP contribution in [0.25, 0.3) is 5.69 Å². The van der Waals surface area contributed by atoms with Gasteiger partial charge in [0.25, 0.3) is 5.91 Å². The number of amides is 3. The highest BCUT2D eigenvalue weighted by Crippen LogP contribution is 2.26. The van der Waals surface area contributed by atoms with Crippen molar-refractivity contribution in [2.75, 3.05) is 26.7 Å². The van der Waals surface area contributed by atoms with Gasteiger partial charge in [-0.2, -0.15) is 5.10 Å². The minimum atomic E-state index is -0.473. The molecule has 1 fully saturated rings. The Hall–Kier alpha value is -4.96. The van der Waals surface area contributed by atoms with Crippen molar-refractivity contribution in [3.63, 3.8) is 0 Å². The number of nitrogens with zero attached hydrogens (tertiary/aromatic N) is 4. The number of hydrogen-bond donors (Lipinski definition) is 1. The molecule has 10 nitrogen and oxygen atoms in total. The first-order chi connectivity index (χ1) is 21.4. The number of para-hydroxylation sites is 1. The molecule has 1 saturated heterocycles. The number of piperidine rings is 1. The maximum Gasteiger partial charge on any atom is 0.256 e. The van der Waals surface area contributed by atoms with Crippen molar-refractivity contribution in [2.45, 2.75) is 38.0 Å². The third-order valence-corrected chi connectivity index (χ3v) is 8.00. The number of carbonyl (C=O) groups excluding carboxylic acids is 3. The standard InChI is InChI=1S/C34H35N5O5/c1-37-22-32(40)36-29-21-38(34(42)28-11-2-3-12-30(28)39-17-6-16-35-39)18-15-31(29)43-23-25-8-5-10-27(20-25)44-26-9-4-7-24(19-26)13-14-33(37)41/h2-12,16-17,19-20,29,31H,13-15,18,21-23H2,1H3,(H,36,40)/t29-,31+/m0/s1. The van der Waals surface area contributed by atoms with Crippen molar-refractivity contribution in [1.82, 2.24) is 24.9 Å². The number of aromatic nitrogens is 2. The lowest BCUT2D eigenvalue weighted by molar-refractivity contribution is -0.135. The molecule has 0 aliphatic carbocycles. The van der Waals surface area contributed by atoms with Crippen LogP contribution in [-0.2, 0) is 27.4 Å². The fraction of sp³-hybridized carbons (Fsp3) is 0.294. The van der Waals surface area contributed by atoms with Crippen LogP contribution in [-0.4, -0.2) is 76.1 Å². The molecule has 1 aromatic heterocycles. The SMILES string of the molecule is CN1CC(=O)N[C@H]2CN(C(=O)c3ccccc3-n3cccn3)CC[C@H]2OCc2cccc(c2)Oc2cccc(c2)CCC1=O. The number of fused-ring (bicyclic) bond motifs is 5. The number of ether oxygens (including phenoxy) is 2. The molecule has 0 saturated carbocycles. The first kappa shape index (κ1) is 29.1. The number of likely N-dealkylation sites (tertiary alicyclic amines) is 1. The summed E-state index contributed by atoms with van der Waals surface area (Å²) in [5.74, 6) is 0.783. The van der Waals surface area contributed by atoms with Gasteiger partial charge in [0.05, 0.1) is 36.5 Å². The summed E-state index contributed by atoms with van der Waals surface area (Å²) in [6.45, 7) is 0.936. The van der Waals surface area contributed by atoms with Gasteiger partial charge in [-0.25, -0.2) is 4.68 Å². The van der Waals surface area contributed by atoms with Crippen LogP contribution in [0, 0.1) is 0 Å². The summed E-state index contributed by atoms with van der Waals surface area (Å²) in [5, 5.41) is 7.38. The van der Waals surface area contributed by atoms with Crippen LogP contribution < -0.4 is 10.1 Å². The average molecular weight is 594 g/mol. The Balaban J connectivity index is 1.24. The summed E-state index contributed by atoms with van der Waals surface area (Å²) in [4.78, 5) is 43.1. The van der Waals surface area contributed by atoms with Crippen LogP contribution >= 0.6 is 0 Å². The number of carbonyl (C=O) groups is 3. The fourth-order valence-electron chi connectivity index (χ4n) is 5.69. The number of rotatable bonds is 2. The van der Waals surface area contributed by atoms with Crippen LogP contribution in [0.5, 0.6) is 11.5 Å². The summed E-state index contributed by atoms with van der Waals surface area (Å²) >= 11 is 0. The zero-order valence-electron chi connectivity index (χ0n) is 24.6. The van der Waals surface area contributed by atoms with Crippen molar-refractivity contribution >= 4 is 17.7 Å². The molecule has 3 heterocycles. The molecule has 2 atom stereocenters. The molecule has 0 unspecified atom stereocenters. The predicted molar refractivity (Wildman–Crippen MR) is 164 cm³/mol. The van der Waals surface area contributed by atoms with E-state index in [0.29, 0.717) is 48.7 Å². The molecule has 2 aliphatic rings. The monoisotopic (exact) mass is 593 g/mol. The number of nitrogens with one attached hydrogen (secondary N) is 1. The van der Waals surface area contributed by atoms with Crippen LogP contribution in [0.15, 0.2) is 91.3 Å². The molecule has 10 heteroatoms. The number of likely N-dealkylation sites (N-methyl/N-ethyl adjacent to an activating group) is 1. The van der Waals surface area contributed by atoms with Gasteiger partial charge < -0.3 is 24.6 Å². The van der Waals surface area contributed by atoms with Gasteiger partial charge in [-0.3, -0.25) is 14.4 Å². The Labute approximate surface area is 256 Å². The first-order valence-electron chi connectivity index (χ1n) is 14.8. The van der Waals surface area contributed by atoms with E-state index >= 15 is 0 Å². The molecule has 4 aromatic rings. The van der Waals surface area contributed by atoms with E-state index in [9.17, 15) is 14.4 Å². The second-order valence-electron chi connectivity index (χ2n) is 11.2. The first-order valence-corrected chi connectivity index (χ1v) is 14.8. The predicted octanol–water partition coefficient (Wildman–Crippen LogP) is 3.99. The van der Waals surface area contributed by atoms with Crippen molar-refractivity contribution in [3.8, 4) is 17.2 Å². The normalized spacial score (nSPS) is 19.7. The molecule has 2 aliphatic heterocycles. The molecule has 3 aromatic carbocycles. The van der Waals surface area contributed by atoms with Gasteiger partial charge in [-0.15, -0.1) is 0 Å². The minimum Gasteiger partial charge on any atom is -0.457 e. The van der Waals surface area contributed by atoms with Gasteiger partial charge in [-0.1, -0.05) is 36.4 Å². The van der Waals surface area contributed by atoms with Crippen LogP contribution in [0.3, 0.4) is 0 Å². The van der Waals surface area contributed by atoms with Gasteiger partial charge in [0.15, 0.2) is 0 Å². The molecular weight excluding hydrogens is 558 g/mol. The van der Waals surface area contributed by atoms with E-state index in [4.69, 9.17) is 9.47 Å². The maximum atomic E-state index is 13.8. The van der Waals surface area contributed by atoms with Crippen molar-refractivity contribution in [2.24, 2.45) is 0 Å². The van der Waals surface area contributed by atoms with Gasteiger partial charge in [0.2, 0.25) is 11.8 Å². The van der Waals surface area contributed by atoms with Crippen LogP contribution in [0.4, 0.5) is 0 Å². The average Bonchev–Trinajstić information content (AvgIpc) is 3.58. The van der Waals surface area contributed by atoms with Crippen molar-refractivity contribution in [1.29, 1.82) is 0 Å². The largest absolute Gasteiger partial charge is 0.457 e. The Kier molecular flexibility index (Phi) is 8.69. The fourth-order valence-corrected chi connectivity index (χ4v) is 5.69. The van der Waals surface area contributed by atoms with Crippen LogP contribution in [0.1, 0.15) is 34.3 Å². The smallest absolute Gasteiger partial charge is 0.256 e. The second-order valence-corrected chi connectivity index (χ2v) is 11.2. The lowest BCUT2D eigenvalue weighted by atomic mass is 10.00. The highest BCUT2D eigenvalue weighted by molar-refractivity contribution is 5.98. The number of aryl methyl sites for hydroxylation is 1. The molecule has 226 valence electrons. The minimum absolute atomic E-state index is 0.0939. The van der Waals surface area contributed by atoms with Gasteiger partial charge >= 0.3 is 0 Å². The van der Waals surface area contributed by atoms with E-state index < -0.39 is 6.04 Å². The van der Waals surface area contributed by atoms with Crippen LogP contribution in [0.2, 0.25) is 0 Å². The second kappa shape index (κ2) is 13.1. The molecule has 6 rings (SSSR count). The Morgan fingerprint density at radius 1 is 0.932 bits per heavy atom.